The molecule has 1 rings (SSSR count). The van der Waals surface area contributed by atoms with Gasteiger partial charge in [-0.15, -0.1) is 0 Å². The lowest BCUT2D eigenvalue weighted by Crippen LogP contribution is -2.45. The molecule has 0 amide bonds. The third kappa shape index (κ3) is 2.66. The van der Waals surface area contributed by atoms with Gasteiger partial charge in [0.15, 0.2) is 0 Å². The SMILES string of the molecule is CCC1OC[C@@H](O)[C@@H](CC)NC1C. The zero-order chi connectivity index (χ0) is 9.84. The van der Waals surface area contributed by atoms with Gasteiger partial charge in [-0.3, -0.25) is 0 Å². The van der Waals surface area contributed by atoms with Gasteiger partial charge in [0.2, 0.25) is 0 Å². The van der Waals surface area contributed by atoms with Crippen molar-refractivity contribution in [3.63, 3.8) is 0 Å². The normalized spacial score (nSPS) is 41.5. The van der Waals surface area contributed by atoms with Gasteiger partial charge < -0.3 is 15.2 Å². The number of nitrogens with one attached hydrogen (secondary N) is 1. The van der Waals surface area contributed by atoms with Gasteiger partial charge in [0.25, 0.3) is 0 Å². The Morgan fingerprint density at radius 2 is 2.08 bits per heavy atom. The van der Waals surface area contributed by atoms with E-state index in [1.807, 2.05) is 0 Å². The summed E-state index contributed by atoms with van der Waals surface area (Å²) in [4.78, 5) is 0. The zero-order valence-electron chi connectivity index (χ0n) is 8.79. The Bertz CT molecular complexity index is 152. The van der Waals surface area contributed by atoms with Gasteiger partial charge in [-0.1, -0.05) is 13.8 Å². The molecule has 78 valence electrons. The van der Waals surface area contributed by atoms with Crippen LogP contribution in [0.5, 0.6) is 0 Å². The van der Waals surface area contributed by atoms with E-state index in [1.54, 1.807) is 0 Å². The highest BCUT2D eigenvalue weighted by molar-refractivity contribution is 4.84. The molecule has 0 radical (unpaired) electrons. The first-order valence-electron chi connectivity index (χ1n) is 5.24. The fourth-order valence-corrected chi connectivity index (χ4v) is 1.90. The molecule has 3 heteroatoms. The lowest BCUT2D eigenvalue weighted by Gasteiger charge is -2.23. The number of aliphatic hydroxyl groups excluding tert-OH is 1. The summed E-state index contributed by atoms with van der Waals surface area (Å²) in [7, 11) is 0. The zero-order valence-corrected chi connectivity index (χ0v) is 8.79. The maximum atomic E-state index is 9.69. The van der Waals surface area contributed by atoms with Gasteiger partial charge in [-0.05, 0) is 19.8 Å². The molecule has 1 aliphatic heterocycles. The minimum atomic E-state index is -0.357. The molecule has 0 aliphatic carbocycles. The highest BCUT2D eigenvalue weighted by atomic mass is 16.5. The second-order valence-corrected chi connectivity index (χ2v) is 3.82. The Hall–Kier alpha value is -0.120. The van der Waals surface area contributed by atoms with E-state index in [0.717, 1.165) is 12.8 Å². The molecule has 0 saturated carbocycles. The van der Waals surface area contributed by atoms with Crippen molar-refractivity contribution < 1.29 is 9.84 Å². The molecule has 0 aromatic heterocycles. The van der Waals surface area contributed by atoms with Crippen molar-refractivity contribution in [1.29, 1.82) is 0 Å². The number of hydrogen-bond donors (Lipinski definition) is 2. The monoisotopic (exact) mass is 187 g/mol. The van der Waals surface area contributed by atoms with Gasteiger partial charge in [0.05, 0.1) is 18.8 Å². The maximum absolute atomic E-state index is 9.69. The van der Waals surface area contributed by atoms with Crippen LogP contribution in [0.2, 0.25) is 0 Å². The van der Waals surface area contributed by atoms with E-state index < -0.39 is 0 Å². The van der Waals surface area contributed by atoms with Crippen LogP contribution in [0.4, 0.5) is 0 Å². The Morgan fingerprint density at radius 1 is 1.38 bits per heavy atom. The molecule has 1 saturated heterocycles. The fourth-order valence-electron chi connectivity index (χ4n) is 1.90. The molecule has 2 N–H and O–H groups in total. The van der Waals surface area contributed by atoms with E-state index in [-0.39, 0.29) is 18.2 Å². The van der Waals surface area contributed by atoms with E-state index in [9.17, 15) is 5.11 Å². The summed E-state index contributed by atoms with van der Waals surface area (Å²) in [5, 5.41) is 13.1. The van der Waals surface area contributed by atoms with Gasteiger partial charge in [-0.25, -0.2) is 0 Å². The van der Waals surface area contributed by atoms with Crippen molar-refractivity contribution in [2.45, 2.75) is 57.9 Å². The third-order valence-electron chi connectivity index (χ3n) is 2.82. The number of aliphatic hydroxyl groups is 1. The summed E-state index contributed by atoms with van der Waals surface area (Å²) in [6, 6.07) is 0.527. The first-order chi connectivity index (χ1) is 6.19. The average Bonchev–Trinajstić information content (AvgIpc) is 2.26. The molecule has 13 heavy (non-hydrogen) atoms. The van der Waals surface area contributed by atoms with Crippen molar-refractivity contribution in [3.8, 4) is 0 Å². The summed E-state index contributed by atoms with van der Waals surface area (Å²) in [6.45, 7) is 6.78. The highest BCUT2D eigenvalue weighted by Gasteiger charge is 2.28. The molecular weight excluding hydrogens is 166 g/mol. The molecule has 2 unspecified atom stereocenters. The van der Waals surface area contributed by atoms with Crippen molar-refractivity contribution in [2.24, 2.45) is 0 Å². The summed E-state index contributed by atoms with van der Waals surface area (Å²) in [6.07, 6.45) is 1.83. The standard InChI is InChI=1S/C10H21NO2/c1-4-8-9(12)6-13-10(5-2)7(3)11-8/h7-12H,4-6H2,1-3H3/t7?,8-,9-,10?/m1/s1. The lowest BCUT2D eigenvalue weighted by atomic mass is 10.1. The molecule has 0 aromatic rings. The molecule has 4 atom stereocenters. The van der Waals surface area contributed by atoms with Gasteiger partial charge in [-0.2, -0.15) is 0 Å². The summed E-state index contributed by atoms with van der Waals surface area (Å²) in [5.74, 6) is 0. The van der Waals surface area contributed by atoms with Crippen molar-refractivity contribution in [1.82, 2.24) is 5.32 Å². The van der Waals surface area contributed by atoms with Crippen LogP contribution in [0.25, 0.3) is 0 Å². The average molecular weight is 187 g/mol. The molecule has 1 aliphatic rings. The lowest BCUT2D eigenvalue weighted by molar-refractivity contribution is -0.00398. The summed E-state index contributed by atoms with van der Waals surface area (Å²) in [5.41, 5.74) is 0. The van der Waals surface area contributed by atoms with E-state index in [0.29, 0.717) is 12.6 Å². The van der Waals surface area contributed by atoms with Gasteiger partial charge in [0.1, 0.15) is 0 Å². The van der Waals surface area contributed by atoms with Gasteiger partial charge in [0, 0.05) is 12.1 Å². The van der Waals surface area contributed by atoms with E-state index in [1.165, 1.54) is 0 Å². The van der Waals surface area contributed by atoms with Crippen molar-refractivity contribution in [2.75, 3.05) is 6.61 Å². The minimum absolute atomic E-state index is 0.187. The Balaban J connectivity index is 2.56. The third-order valence-corrected chi connectivity index (χ3v) is 2.82. The maximum Gasteiger partial charge on any atom is 0.0926 e. The predicted molar refractivity (Wildman–Crippen MR) is 52.7 cm³/mol. The number of ether oxygens (including phenoxy) is 1. The van der Waals surface area contributed by atoms with Crippen LogP contribution >= 0.6 is 0 Å². The Labute approximate surface area is 80.5 Å². The van der Waals surface area contributed by atoms with Crippen molar-refractivity contribution in [3.05, 3.63) is 0 Å². The minimum Gasteiger partial charge on any atom is -0.389 e. The predicted octanol–water partition coefficient (Wildman–Crippen LogP) is 0.913. The highest BCUT2D eigenvalue weighted by Crippen LogP contribution is 2.13. The largest absolute Gasteiger partial charge is 0.389 e. The molecule has 0 aromatic carbocycles. The summed E-state index contributed by atoms with van der Waals surface area (Å²) >= 11 is 0. The first-order valence-corrected chi connectivity index (χ1v) is 5.24. The van der Waals surface area contributed by atoms with E-state index in [2.05, 4.69) is 26.1 Å². The van der Waals surface area contributed by atoms with E-state index >= 15 is 0 Å². The quantitative estimate of drug-likeness (QED) is 0.675. The van der Waals surface area contributed by atoms with Crippen LogP contribution in [0, 0.1) is 0 Å². The van der Waals surface area contributed by atoms with Gasteiger partial charge >= 0.3 is 0 Å². The fraction of sp³-hybridized carbons (Fsp3) is 1.00. The molecule has 0 bridgehead atoms. The van der Waals surface area contributed by atoms with Crippen LogP contribution in [-0.2, 0) is 4.74 Å². The summed E-state index contributed by atoms with van der Waals surface area (Å²) < 4.78 is 5.60. The molecule has 3 nitrogen and oxygen atoms in total. The number of hydrogen-bond acceptors (Lipinski definition) is 3. The van der Waals surface area contributed by atoms with Crippen LogP contribution in [-0.4, -0.2) is 36.0 Å². The van der Waals surface area contributed by atoms with Crippen LogP contribution in [0.1, 0.15) is 33.6 Å². The first kappa shape index (κ1) is 11.0. The molecular formula is C10H21NO2. The molecule has 1 fully saturated rings. The molecule has 0 spiro atoms. The van der Waals surface area contributed by atoms with Crippen molar-refractivity contribution >= 4 is 0 Å². The topological polar surface area (TPSA) is 41.5 Å². The van der Waals surface area contributed by atoms with Crippen LogP contribution < -0.4 is 5.32 Å². The van der Waals surface area contributed by atoms with Crippen LogP contribution in [0.15, 0.2) is 0 Å². The van der Waals surface area contributed by atoms with Crippen LogP contribution in [0.3, 0.4) is 0 Å². The Kier molecular flexibility index (Phi) is 4.16. The molecule has 1 heterocycles. The second-order valence-electron chi connectivity index (χ2n) is 3.82. The van der Waals surface area contributed by atoms with E-state index in [4.69, 9.17) is 4.74 Å². The second kappa shape index (κ2) is 4.94. The smallest absolute Gasteiger partial charge is 0.0926 e. The number of rotatable bonds is 2. The Morgan fingerprint density at radius 3 is 2.62 bits per heavy atom.